The lowest BCUT2D eigenvalue weighted by Crippen LogP contribution is -2.39. The first-order valence-corrected chi connectivity index (χ1v) is 5.72. The van der Waals surface area contributed by atoms with E-state index in [0.717, 1.165) is 25.0 Å². The number of rotatable bonds is 3. The molecule has 0 radical (unpaired) electrons. The zero-order valence-electron chi connectivity index (χ0n) is 9.60. The van der Waals surface area contributed by atoms with E-state index in [2.05, 4.69) is 5.32 Å². The van der Waals surface area contributed by atoms with Crippen LogP contribution in [0.4, 0.5) is 23.2 Å². The van der Waals surface area contributed by atoms with Gasteiger partial charge in [0, 0.05) is 12.6 Å². The van der Waals surface area contributed by atoms with Crippen LogP contribution in [0.25, 0.3) is 0 Å². The second-order valence-electron chi connectivity index (χ2n) is 4.67. The maximum atomic E-state index is 13.4. The maximum absolute atomic E-state index is 13.4. The van der Waals surface area contributed by atoms with Crippen LogP contribution in [0.5, 0.6) is 0 Å². The largest absolute Gasteiger partial charge is 0.416 e. The lowest BCUT2D eigenvalue weighted by atomic mass is 9.81. The van der Waals surface area contributed by atoms with Gasteiger partial charge in [-0.15, -0.1) is 0 Å². The Balaban J connectivity index is 1.97. The number of hydrogen-bond acceptors (Lipinski definition) is 2. The van der Waals surface area contributed by atoms with Gasteiger partial charge in [0.1, 0.15) is 5.82 Å². The first-order chi connectivity index (χ1) is 8.36. The fourth-order valence-electron chi connectivity index (χ4n) is 2.04. The molecule has 1 aromatic carbocycles. The SMILES string of the molecule is NC1CC(CNc2ccc(C(F)(F)F)cc2F)C1. The van der Waals surface area contributed by atoms with Crippen LogP contribution in [0, 0.1) is 11.7 Å². The van der Waals surface area contributed by atoms with Crippen LogP contribution in [0.3, 0.4) is 0 Å². The molecule has 0 aromatic heterocycles. The van der Waals surface area contributed by atoms with E-state index in [1.165, 1.54) is 0 Å². The van der Waals surface area contributed by atoms with Crippen molar-refractivity contribution in [1.82, 2.24) is 0 Å². The zero-order chi connectivity index (χ0) is 13.3. The van der Waals surface area contributed by atoms with E-state index in [1.807, 2.05) is 0 Å². The number of hydrogen-bond donors (Lipinski definition) is 2. The van der Waals surface area contributed by atoms with E-state index in [4.69, 9.17) is 5.73 Å². The lowest BCUT2D eigenvalue weighted by Gasteiger charge is -2.32. The van der Waals surface area contributed by atoms with Gasteiger partial charge in [0.15, 0.2) is 0 Å². The van der Waals surface area contributed by atoms with Crippen molar-refractivity contribution < 1.29 is 17.6 Å². The monoisotopic (exact) mass is 262 g/mol. The number of anilines is 1. The van der Waals surface area contributed by atoms with E-state index in [1.54, 1.807) is 0 Å². The quantitative estimate of drug-likeness (QED) is 0.822. The lowest BCUT2D eigenvalue weighted by molar-refractivity contribution is -0.137. The molecule has 0 bridgehead atoms. The maximum Gasteiger partial charge on any atom is 0.416 e. The Morgan fingerprint density at radius 3 is 2.44 bits per heavy atom. The average molecular weight is 262 g/mol. The Morgan fingerprint density at radius 1 is 1.28 bits per heavy atom. The molecule has 100 valence electrons. The van der Waals surface area contributed by atoms with E-state index in [0.29, 0.717) is 18.5 Å². The standard InChI is InChI=1S/C12H14F4N2/c13-10-5-8(12(14,15)16)1-2-11(10)18-6-7-3-9(17)4-7/h1-2,5,7,9,18H,3-4,6,17H2. The molecule has 0 unspecified atom stereocenters. The zero-order valence-corrected chi connectivity index (χ0v) is 9.60. The summed E-state index contributed by atoms with van der Waals surface area (Å²) < 4.78 is 50.4. The molecule has 2 rings (SSSR count). The molecule has 6 heteroatoms. The number of nitrogens with two attached hydrogens (primary N) is 1. The number of halogens is 4. The van der Waals surface area contributed by atoms with Crippen molar-refractivity contribution in [2.24, 2.45) is 11.7 Å². The summed E-state index contributed by atoms with van der Waals surface area (Å²) in [5.74, 6) is -0.505. The summed E-state index contributed by atoms with van der Waals surface area (Å²) in [5.41, 5.74) is 4.73. The van der Waals surface area contributed by atoms with Crippen molar-refractivity contribution in [2.45, 2.75) is 25.1 Å². The molecule has 0 aliphatic heterocycles. The Hall–Kier alpha value is -1.30. The topological polar surface area (TPSA) is 38.0 Å². The fourth-order valence-corrected chi connectivity index (χ4v) is 2.04. The molecule has 0 saturated heterocycles. The third-order valence-electron chi connectivity index (χ3n) is 3.15. The predicted molar refractivity (Wildman–Crippen MR) is 60.6 cm³/mol. The van der Waals surface area contributed by atoms with Crippen molar-refractivity contribution in [3.63, 3.8) is 0 Å². The normalized spacial score (nSPS) is 23.6. The first-order valence-electron chi connectivity index (χ1n) is 5.72. The molecule has 1 aliphatic carbocycles. The molecule has 18 heavy (non-hydrogen) atoms. The highest BCUT2D eigenvalue weighted by molar-refractivity contribution is 5.47. The highest BCUT2D eigenvalue weighted by Crippen LogP contribution is 2.32. The molecule has 0 heterocycles. The van der Waals surface area contributed by atoms with E-state index in [-0.39, 0.29) is 11.7 Å². The molecule has 0 amide bonds. The first kappa shape index (κ1) is 13.1. The number of alkyl halides is 3. The smallest absolute Gasteiger partial charge is 0.382 e. The third kappa shape index (κ3) is 2.93. The highest BCUT2D eigenvalue weighted by atomic mass is 19.4. The van der Waals surface area contributed by atoms with Crippen LogP contribution in [-0.4, -0.2) is 12.6 Å². The molecule has 0 spiro atoms. The van der Waals surface area contributed by atoms with Gasteiger partial charge in [0.2, 0.25) is 0 Å². The van der Waals surface area contributed by atoms with Gasteiger partial charge >= 0.3 is 6.18 Å². The number of nitrogens with one attached hydrogen (secondary N) is 1. The Bertz CT molecular complexity index is 425. The van der Waals surface area contributed by atoms with Gasteiger partial charge in [-0.25, -0.2) is 4.39 Å². The van der Waals surface area contributed by atoms with Crippen molar-refractivity contribution in [1.29, 1.82) is 0 Å². The summed E-state index contributed by atoms with van der Waals surface area (Å²) in [6, 6.07) is 2.71. The van der Waals surface area contributed by atoms with Crippen molar-refractivity contribution in [3.8, 4) is 0 Å². The molecule has 0 atom stereocenters. The average Bonchev–Trinajstić information content (AvgIpc) is 2.22. The van der Waals surface area contributed by atoms with Gasteiger partial charge in [0.25, 0.3) is 0 Å². The van der Waals surface area contributed by atoms with Crippen LogP contribution in [0.15, 0.2) is 18.2 Å². The second-order valence-corrected chi connectivity index (χ2v) is 4.67. The van der Waals surface area contributed by atoms with Gasteiger partial charge < -0.3 is 11.1 Å². The van der Waals surface area contributed by atoms with Crippen LogP contribution in [0.1, 0.15) is 18.4 Å². The summed E-state index contributed by atoms with van der Waals surface area (Å²) in [5, 5.41) is 2.82. The second kappa shape index (κ2) is 4.76. The van der Waals surface area contributed by atoms with Gasteiger partial charge in [-0.1, -0.05) is 0 Å². The molecule has 1 fully saturated rings. The van der Waals surface area contributed by atoms with Crippen LogP contribution < -0.4 is 11.1 Å². The van der Waals surface area contributed by atoms with E-state index >= 15 is 0 Å². The summed E-state index contributed by atoms with van der Waals surface area (Å²) in [4.78, 5) is 0. The molecule has 1 aromatic rings. The van der Waals surface area contributed by atoms with Crippen LogP contribution in [0.2, 0.25) is 0 Å². The summed E-state index contributed by atoms with van der Waals surface area (Å²) in [6.07, 6.45) is -2.77. The highest BCUT2D eigenvalue weighted by Gasteiger charge is 2.31. The van der Waals surface area contributed by atoms with E-state index < -0.39 is 17.6 Å². The fraction of sp³-hybridized carbons (Fsp3) is 0.500. The summed E-state index contributed by atoms with van der Waals surface area (Å²) in [7, 11) is 0. The summed E-state index contributed by atoms with van der Waals surface area (Å²) in [6.45, 7) is 0.538. The molecule has 2 nitrogen and oxygen atoms in total. The molecular formula is C12H14F4N2. The Kier molecular flexibility index (Phi) is 3.47. The third-order valence-corrected chi connectivity index (χ3v) is 3.15. The van der Waals surface area contributed by atoms with Crippen LogP contribution in [-0.2, 0) is 6.18 Å². The number of benzene rings is 1. The van der Waals surface area contributed by atoms with Gasteiger partial charge in [-0.3, -0.25) is 0 Å². The van der Waals surface area contributed by atoms with Crippen molar-refractivity contribution in [3.05, 3.63) is 29.6 Å². The van der Waals surface area contributed by atoms with E-state index in [9.17, 15) is 17.6 Å². The predicted octanol–water partition coefficient (Wildman–Crippen LogP) is 2.99. The minimum atomic E-state index is -4.51. The van der Waals surface area contributed by atoms with Crippen molar-refractivity contribution >= 4 is 5.69 Å². The summed E-state index contributed by atoms with van der Waals surface area (Å²) >= 11 is 0. The molecular weight excluding hydrogens is 248 g/mol. The van der Waals surface area contributed by atoms with Gasteiger partial charge in [-0.2, -0.15) is 13.2 Å². The van der Waals surface area contributed by atoms with Crippen LogP contribution >= 0.6 is 0 Å². The van der Waals surface area contributed by atoms with Gasteiger partial charge in [-0.05, 0) is 37.0 Å². The minimum Gasteiger partial charge on any atom is -0.382 e. The molecule has 1 saturated carbocycles. The molecule has 1 aliphatic rings. The van der Waals surface area contributed by atoms with Gasteiger partial charge in [0.05, 0.1) is 11.3 Å². The Morgan fingerprint density at radius 2 is 1.94 bits per heavy atom. The molecule has 3 N–H and O–H groups in total. The van der Waals surface area contributed by atoms with Crippen molar-refractivity contribution in [2.75, 3.05) is 11.9 Å². The Labute approximate surface area is 102 Å². The minimum absolute atomic E-state index is 0.100.